The van der Waals surface area contributed by atoms with Crippen molar-refractivity contribution in [2.75, 3.05) is 0 Å². The molecule has 204 valence electrons. The summed E-state index contributed by atoms with van der Waals surface area (Å²) in [5.74, 6) is -0.285. The van der Waals surface area contributed by atoms with Gasteiger partial charge in [0.25, 0.3) is 0 Å². The van der Waals surface area contributed by atoms with Gasteiger partial charge >= 0.3 is 5.97 Å². The van der Waals surface area contributed by atoms with Crippen molar-refractivity contribution >= 4 is 11.8 Å². The summed E-state index contributed by atoms with van der Waals surface area (Å²) in [6.45, 7) is 12.5. The molecule has 4 N–H and O–H groups in total. The van der Waals surface area contributed by atoms with Gasteiger partial charge in [-0.1, -0.05) is 34.6 Å². The van der Waals surface area contributed by atoms with E-state index in [0.29, 0.717) is 11.8 Å². The predicted octanol–water partition coefficient (Wildman–Crippen LogP) is 4.43. The summed E-state index contributed by atoms with van der Waals surface area (Å²) in [5.41, 5.74) is -1.58. The summed E-state index contributed by atoms with van der Waals surface area (Å²) < 4.78 is 0. The minimum absolute atomic E-state index is 0.0377. The highest BCUT2D eigenvalue weighted by Gasteiger charge is 2.85. The van der Waals surface area contributed by atoms with Crippen LogP contribution in [0.1, 0.15) is 99.3 Å². The van der Waals surface area contributed by atoms with Crippen LogP contribution in [0.3, 0.4) is 0 Å². The largest absolute Gasteiger partial charge is 0.481 e. The van der Waals surface area contributed by atoms with Crippen LogP contribution < -0.4 is 0 Å². The van der Waals surface area contributed by atoms with Gasteiger partial charge in [0, 0.05) is 24.2 Å². The van der Waals surface area contributed by atoms with Gasteiger partial charge in [-0.15, -0.1) is 0 Å². The standard InChI is InChI=1S/C30H48O6/c1-16(2)19(31)13-20(32)17(3)18-9-10-27(5)21-7-8-22-28(6,25(35)36)23(33)14-24(34)30(22)15-29(21,30)12-11-26(18,27)4/h16-18,20-24,32-34H,7-15H2,1-6H3,(H,35,36)/t17-,18+,20-,21-,22-,23-,24-,26+,27-,28-,29-,30+/m0/s1. The lowest BCUT2D eigenvalue weighted by molar-refractivity contribution is -0.211. The monoisotopic (exact) mass is 504 g/mol. The van der Waals surface area contributed by atoms with Crippen LogP contribution in [0.2, 0.25) is 0 Å². The summed E-state index contributed by atoms with van der Waals surface area (Å²) in [5, 5.41) is 43.6. The molecule has 5 fully saturated rings. The average Bonchev–Trinajstić information content (AvgIpc) is 3.42. The molecule has 5 aliphatic rings. The molecule has 0 aromatic rings. The first kappa shape index (κ1) is 26.6. The summed E-state index contributed by atoms with van der Waals surface area (Å²) in [6, 6.07) is 0. The number of carboxylic acid groups (broad SMARTS) is 1. The lowest BCUT2D eigenvalue weighted by Gasteiger charge is -2.63. The van der Waals surface area contributed by atoms with Crippen molar-refractivity contribution in [3.05, 3.63) is 0 Å². The molecular formula is C30H48O6. The zero-order valence-electron chi connectivity index (χ0n) is 23.1. The zero-order valence-corrected chi connectivity index (χ0v) is 23.1. The van der Waals surface area contributed by atoms with Crippen LogP contribution in [0.4, 0.5) is 0 Å². The van der Waals surface area contributed by atoms with E-state index in [1.165, 1.54) is 0 Å². The van der Waals surface area contributed by atoms with Gasteiger partial charge in [-0.25, -0.2) is 0 Å². The van der Waals surface area contributed by atoms with Gasteiger partial charge in [-0.05, 0) is 91.8 Å². The molecule has 0 unspecified atom stereocenters. The smallest absolute Gasteiger partial charge is 0.312 e. The van der Waals surface area contributed by atoms with Gasteiger partial charge in [-0.3, -0.25) is 9.59 Å². The molecule has 0 aromatic heterocycles. The first-order valence-electron chi connectivity index (χ1n) is 14.4. The minimum atomic E-state index is -1.21. The Labute approximate surface area is 216 Å². The molecule has 0 heterocycles. The highest BCUT2D eigenvalue weighted by Crippen LogP contribution is 2.89. The van der Waals surface area contributed by atoms with E-state index in [2.05, 4.69) is 20.8 Å². The van der Waals surface area contributed by atoms with Gasteiger partial charge in [0.1, 0.15) is 5.78 Å². The third-order valence-electron chi connectivity index (χ3n) is 13.6. The fourth-order valence-electron chi connectivity index (χ4n) is 11.1. The molecule has 2 spiro atoms. The number of ketones is 1. The normalized spacial score (nSPS) is 53.0. The summed E-state index contributed by atoms with van der Waals surface area (Å²) in [6.07, 6.45) is 4.73. The third-order valence-corrected chi connectivity index (χ3v) is 13.6. The molecule has 36 heavy (non-hydrogen) atoms. The van der Waals surface area contributed by atoms with Gasteiger partial charge in [0.2, 0.25) is 0 Å². The average molecular weight is 505 g/mol. The number of aliphatic hydroxyl groups is 3. The van der Waals surface area contributed by atoms with Crippen LogP contribution >= 0.6 is 0 Å². The lowest BCUT2D eigenvalue weighted by Crippen LogP contribution is -2.63. The Kier molecular flexibility index (Phi) is 5.93. The number of hydrogen-bond donors (Lipinski definition) is 4. The molecule has 0 bridgehead atoms. The molecule has 5 aliphatic carbocycles. The van der Waals surface area contributed by atoms with E-state index in [-0.39, 0.29) is 52.6 Å². The van der Waals surface area contributed by atoms with E-state index in [9.17, 15) is 30.0 Å². The second-order valence-corrected chi connectivity index (χ2v) is 14.6. The number of Topliss-reactive ketones (excluding diaryl/α,β-unsaturated/α-hetero) is 1. The number of aliphatic hydroxyl groups excluding tert-OH is 3. The van der Waals surface area contributed by atoms with Crippen molar-refractivity contribution in [1.29, 1.82) is 0 Å². The second kappa shape index (κ2) is 8.02. The topological polar surface area (TPSA) is 115 Å². The van der Waals surface area contributed by atoms with Crippen LogP contribution in [0, 0.1) is 56.7 Å². The highest BCUT2D eigenvalue weighted by molar-refractivity contribution is 5.80. The maximum absolute atomic E-state index is 12.5. The van der Waals surface area contributed by atoms with E-state index in [1.807, 2.05) is 13.8 Å². The van der Waals surface area contributed by atoms with Gasteiger partial charge in [0.05, 0.1) is 23.7 Å². The van der Waals surface area contributed by atoms with Crippen molar-refractivity contribution in [3.8, 4) is 0 Å². The number of fused-ring (bicyclic) bond motifs is 2. The number of rotatable bonds is 6. The third kappa shape index (κ3) is 2.96. The summed E-state index contributed by atoms with van der Waals surface area (Å²) >= 11 is 0. The molecular weight excluding hydrogens is 456 g/mol. The predicted molar refractivity (Wildman–Crippen MR) is 136 cm³/mol. The summed E-state index contributed by atoms with van der Waals surface area (Å²) in [4.78, 5) is 24.9. The van der Waals surface area contributed by atoms with E-state index >= 15 is 0 Å². The Hall–Kier alpha value is -0.980. The molecule has 0 aliphatic heterocycles. The molecule has 0 saturated heterocycles. The molecule has 5 saturated carbocycles. The first-order valence-corrected chi connectivity index (χ1v) is 14.4. The number of aliphatic carboxylic acids is 1. The van der Waals surface area contributed by atoms with Gasteiger partial charge in [-0.2, -0.15) is 0 Å². The van der Waals surface area contributed by atoms with Crippen LogP contribution in [-0.4, -0.2) is 50.5 Å². The van der Waals surface area contributed by atoms with Crippen LogP contribution in [-0.2, 0) is 9.59 Å². The minimum Gasteiger partial charge on any atom is -0.481 e. The lowest BCUT2D eigenvalue weighted by atomic mass is 9.41. The van der Waals surface area contributed by atoms with Gasteiger partial charge in [0.15, 0.2) is 0 Å². The van der Waals surface area contributed by atoms with E-state index in [0.717, 1.165) is 44.9 Å². The summed E-state index contributed by atoms with van der Waals surface area (Å²) in [7, 11) is 0. The fourth-order valence-corrected chi connectivity index (χ4v) is 11.1. The van der Waals surface area contributed by atoms with E-state index in [4.69, 9.17) is 0 Å². The molecule has 0 aromatic carbocycles. The SMILES string of the molecule is CC(C)C(=O)C[C@H](O)[C@@H](C)[C@H]1CC[C@@]2(C)[C@@H]3CC[C@H]4[C@](C)(C(=O)O)[C@@H](O)C[C@H](O)[C@@]45C[C@@]35CC[C@]12C. The Morgan fingerprint density at radius 2 is 1.53 bits per heavy atom. The van der Waals surface area contributed by atoms with Crippen molar-refractivity contribution in [2.24, 2.45) is 56.7 Å². The molecule has 5 rings (SSSR count). The molecule has 0 radical (unpaired) electrons. The number of carbonyl (C=O) groups is 2. The van der Waals surface area contributed by atoms with Crippen LogP contribution in [0.15, 0.2) is 0 Å². The molecule has 12 atom stereocenters. The van der Waals surface area contributed by atoms with Crippen molar-refractivity contribution in [2.45, 2.75) is 118 Å². The quantitative estimate of drug-likeness (QED) is 0.425. The number of carbonyl (C=O) groups excluding carboxylic acids is 1. The van der Waals surface area contributed by atoms with Crippen molar-refractivity contribution in [3.63, 3.8) is 0 Å². The van der Waals surface area contributed by atoms with Crippen LogP contribution in [0.5, 0.6) is 0 Å². The second-order valence-electron chi connectivity index (χ2n) is 14.6. The Balaban J connectivity index is 1.45. The van der Waals surface area contributed by atoms with Crippen LogP contribution in [0.25, 0.3) is 0 Å². The highest BCUT2D eigenvalue weighted by atomic mass is 16.4. The fraction of sp³-hybridized carbons (Fsp3) is 0.933. The Morgan fingerprint density at radius 3 is 2.14 bits per heavy atom. The Bertz CT molecular complexity index is 948. The number of hydrogen-bond acceptors (Lipinski definition) is 5. The maximum Gasteiger partial charge on any atom is 0.312 e. The van der Waals surface area contributed by atoms with Crippen molar-refractivity contribution in [1.82, 2.24) is 0 Å². The Morgan fingerprint density at radius 1 is 0.889 bits per heavy atom. The molecule has 6 heteroatoms. The number of carboxylic acids is 1. The zero-order chi connectivity index (χ0) is 26.6. The maximum atomic E-state index is 12.5. The van der Waals surface area contributed by atoms with E-state index in [1.54, 1.807) is 6.92 Å². The molecule has 0 amide bonds. The molecule has 6 nitrogen and oxygen atoms in total. The van der Waals surface area contributed by atoms with E-state index < -0.39 is 35.1 Å². The first-order chi connectivity index (χ1) is 16.6. The van der Waals surface area contributed by atoms with Crippen molar-refractivity contribution < 1.29 is 30.0 Å². The van der Waals surface area contributed by atoms with Gasteiger partial charge < -0.3 is 20.4 Å².